The molecule has 9 heteroatoms. The third-order valence-electron chi connectivity index (χ3n) is 5.55. The summed E-state index contributed by atoms with van der Waals surface area (Å²) in [4.78, 5) is 12.6. The van der Waals surface area contributed by atoms with Crippen LogP contribution >= 0.6 is 23.2 Å². The molecule has 0 unspecified atom stereocenters. The Balaban J connectivity index is 1.47. The number of nitrogens with one attached hydrogen (secondary N) is 1. The van der Waals surface area contributed by atoms with Gasteiger partial charge in [0.15, 0.2) is 11.0 Å². The highest BCUT2D eigenvalue weighted by atomic mass is 35.5. The second kappa shape index (κ2) is 8.84. The maximum atomic E-state index is 12.6. The number of anilines is 1. The van der Waals surface area contributed by atoms with E-state index in [-0.39, 0.29) is 17.0 Å². The van der Waals surface area contributed by atoms with Crippen molar-refractivity contribution in [3.05, 3.63) is 93.2 Å². The maximum absolute atomic E-state index is 12.6. The SMILES string of the molecule is Cc1nn(-c2ccc(Cl)nn2)c2c1[C@H](c1cccc(OCc3ccccc3Cl)c1)CC(=O)N2. The van der Waals surface area contributed by atoms with Gasteiger partial charge in [-0.25, -0.2) is 0 Å². The molecular formula is C24H19Cl2N5O2. The summed E-state index contributed by atoms with van der Waals surface area (Å²) in [7, 11) is 0. The molecule has 1 amide bonds. The van der Waals surface area contributed by atoms with Crippen molar-refractivity contribution in [3.8, 4) is 11.6 Å². The van der Waals surface area contributed by atoms with Crippen LogP contribution in [0.3, 0.4) is 0 Å². The van der Waals surface area contributed by atoms with E-state index < -0.39 is 0 Å². The zero-order valence-electron chi connectivity index (χ0n) is 17.6. The van der Waals surface area contributed by atoms with E-state index >= 15 is 0 Å². The van der Waals surface area contributed by atoms with Crippen LogP contribution in [0.2, 0.25) is 10.2 Å². The van der Waals surface area contributed by atoms with E-state index in [4.69, 9.17) is 27.9 Å². The van der Waals surface area contributed by atoms with Crippen LogP contribution in [-0.2, 0) is 11.4 Å². The lowest BCUT2D eigenvalue weighted by atomic mass is 9.86. The van der Waals surface area contributed by atoms with E-state index in [1.807, 2.05) is 55.5 Å². The Kier molecular flexibility index (Phi) is 5.74. The first-order chi connectivity index (χ1) is 16.0. The highest BCUT2D eigenvalue weighted by Crippen LogP contribution is 2.40. The first-order valence-electron chi connectivity index (χ1n) is 10.3. The Bertz CT molecular complexity index is 1340. The molecule has 0 bridgehead atoms. The van der Waals surface area contributed by atoms with Crippen LogP contribution in [-0.4, -0.2) is 25.9 Å². The van der Waals surface area contributed by atoms with Crippen molar-refractivity contribution >= 4 is 34.9 Å². The molecule has 33 heavy (non-hydrogen) atoms. The molecule has 3 heterocycles. The standard InChI is InChI=1S/C24H19Cl2N5O2/c1-14-23-18(12-22(32)27-24(23)31(30-14)21-10-9-20(26)28-29-21)15-6-4-7-17(11-15)33-13-16-5-2-3-8-19(16)25/h2-11,18H,12-13H2,1H3,(H,27,32)/t18-/m0/s1. The van der Waals surface area contributed by atoms with Gasteiger partial charge in [0.1, 0.15) is 18.2 Å². The fourth-order valence-electron chi connectivity index (χ4n) is 4.02. The van der Waals surface area contributed by atoms with Gasteiger partial charge in [-0.15, -0.1) is 10.2 Å². The number of rotatable bonds is 5. The number of fused-ring (bicyclic) bond motifs is 1. The molecule has 1 N–H and O–H groups in total. The molecule has 1 aliphatic rings. The van der Waals surface area contributed by atoms with Crippen LogP contribution in [0.15, 0.2) is 60.7 Å². The third-order valence-corrected chi connectivity index (χ3v) is 6.12. The van der Waals surface area contributed by atoms with E-state index in [2.05, 4.69) is 20.6 Å². The number of aryl methyl sites for hydroxylation is 1. The number of hydrogen-bond acceptors (Lipinski definition) is 5. The minimum absolute atomic E-state index is 0.0991. The van der Waals surface area contributed by atoms with Crippen LogP contribution in [0.25, 0.3) is 5.82 Å². The average Bonchev–Trinajstić information content (AvgIpc) is 3.15. The van der Waals surface area contributed by atoms with Gasteiger partial charge in [0.05, 0.1) is 5.69 Å². The molecule has 2 aromatic heterocycles. The molecule has 7 nitrogen and oxygen atoms in total. The summed E-state index contributed by atoms with van der Waals surface area (Å²) in [5, 5.41) is 16.5. The summed E-state index contributed by atoms with van der Waals surface area (Å²) >= 11 is 12.1. The van der Waals surface area contributed by atoms with E-state index in [1.165, 1.54) is 0 Å². The quantitative estimate of drug-likeness (QED) is 0.418. The van der Waals surface area contributed by atoms with Gasteiger partial charge in [-0.05, 0) is 42.8 Å². The molecule has 0 saturated carbocycles. The molecule has 0 aliphatic carbocycles. The predicted molar refractivity (Wildman–Crippen MR) is 126 cm³/mol. The molecule has 1 aliphatic heterocycles. The van der Waals surface area contributed by atoms with Gasteiger partial charge in [-0.1, -0.05) is 53.5 Å². The largest absolute Gasteiger partial charge is 0.489 e. The minimum Gasteiger partial charge on any atom is -0.489 e. The van der Waals surface area contributed by atoms with Gasteiger partial charge in [-0.3, -0.25) is 4.79 Å². The first kappa shape index (κ1) is 21.4. The van der Waals surface area contributed by atoms with Crippen LogP contribution < -0.4 is 10.1 Å². The van der Waals surface area contributed by atoms with Crippen LogP contribution in [0.1, 0.15) is 34.7 Å². The number of nitrogens with zero attached hydrogens (tertiary/aromatic N) is 4. The van der Waals surface area contributed by atoms with E-state index in [9.17, 15) is 4.79 Å². The summed E-state index contributed by atoms with van der Waals surface area (Å²) in [5.74, 6) is 1.49. The zero-order valence-corrected chi connectivity index (χ0v) is 19.1. The van der Waals surface area contributed by atoms with Gasteiger partial charge in [0, 0.05) is 28.5 Å². The van der Waals surface area contributed by atoms with Gasteiger partial charge in [-0.2, -0.15) is 9.78 Å². The molecular weight excluding hydrogens is 461 g/mol. The Labute approximate surface area is 200 Å². The van der Waals surface area contributed by atoms with Crippen molar-refractivity contribution in [1.82, 2.24) is 20.0 Å². The zero-order chi connectivity index (χ0) is 22.9. The predicted octanol–water partition coefficient (Wildman–Crippen LogP) is 5.33. The number of aromatic nitrogens is 4. The van der Waals surface area contributed by atoms with Crippen LogP contribution in [0.4, 0.5) is 5.82 Å². The Morgan fingerprint density at radius 2 is 1.94 bits per heavy atom. The monoisotopic (exact) mass is 479 g/mol. The van der Waals surface area contributed by atoms with E-state index in [0.717, 1.165) is 22.4 Å². The summed E-state index contributed by atoms with van der Waals surface area (Å²) in [6, 6.07) is 18.7. The molecule has 0 spiro atoms. The summed E-state index contributed by atoms with van der Waals surface area (Å²) in [6.45, 7) is 2.27. The van der Waals surface area contributed by atoms with Crippen molar-refractivity contribution in [1.29, 1.82) is 0 Å². The first-order valence-corrected chi connectivity index (χ1v) is 11.1. The Morgan fingerprint density at radius 1 is 1.09 bits per heavy atom. The topological polar surface area (TPSA) is 81.9 Å². The van der Waals surface area contributed by atoms with Gasteiger partial charge in [0.25, 0.3) is 0 Å². The van der Waals surface area contributed by atoms with Crippen LogP contribution in [0, 0.1) is 6.92 Å². The van der Waals surface area contributed by atoms with Crippen molar-refractivity contribution in [2.75, 3.05) is 5.32 Å². The lowest BCUT2D eigenvalue weighted by molar-refractivity contribution is -0.116. The number of hydrogen-bond donors (Lipinski definition) is 1. The van der Waals surface area contributed by atoms with Crippen LogP contribution in [0.5, 0.6) is 5.75 Å². The van der Waals surface area contributed by atoms with Gasteiger partial charge < -0.3 is 10.1 Å². The molecule has 0 fully saturated rings. The van der Waals surface area contributed by atoms with E-state index in [0.29, 0.717) is 35.4 Å². The maximum Gasteiger partial charge on any atom is 0.226 e. The highest BCUT2D eigenvalue weighted by molar-refractivity contribution is 6.31. The number of ether oxygens (including phenoxy) is 1. The van der Waals surface area contributed by atoms with Crippen molar-refractivity contribution < 1.29 is 9.53 Å². The lowest BCUT2D eigenvalue weighted by Crippen LogP contribution is -2.25. The third kappa shape index (κ3) is 4.29. The van der Waals surface area contributed by atoms with Crippen molar-refractivity contribution in [3.63, 3.8) is 0 Å². The molecule has 4 aromatic rings. The fraction of sp³-hybridized carbons (Fsp3) is 0.167. The average molecular weight is 480 g/mol. The summed E-state index contributed by atoms with van der Waals surface area (Å²) < 4.78 is 7.59. The number of carbonyl (C=O) groups excluding carboxylic acids is 1. The summed E-state index contributed by atoms with van der Waals surface area (Å²) in [5.41, 5.74) is 3.61. The van der Waals surface area contributed by atoms with Crippen molar-refractivity contribution in [2.45, 2.75) is 25.9 Å². The molecule has 5 rings (SSSR count). The second-order valence-electron chi connectivity index (χ2n) is 7.73. The normalized spacial score (nSPS) is 15.1. The Hall–Kier alpha value is -3.42. The molecule has 2 aromatic carbocycles. The van der Waals surface area contributed by atoms with E-state index in [1.54, 1.807) is 16.8 Å². The number of benzene rings is 2. The molecule has 0 radical (unpaired) electrons. The number of amides is 1. The Morgan fingerprint density at radius 3 is 2.73 bits per heavy atom. The second-order valence-corrected chi connectivity index (χ2v) is 8.53. The molecule has 1 atom stereocenters. The number of halogens is 2. The lowest BCUT2D eigenvalue weighted by Gasteiger charge is -2.24. The molecule has 0 saturated heterocycles. The van der Waals surface area contributed by atoms with Gasteiger partial charge in [0.2, 0.25) is 5.91 Å². The van der Waals surface area contributed by atoms with Gasteiger partial charge >= 0.3 is 0 Å². The highest BCUT2D eigenvalue weighted by Gasteiger charge is 2.33. The summed E-state index contributed by atoms with van der Waals surface area (Å²) in [6.07, 6.45) is 0.305. The fourth-order valence-corrected chi connectivity index (χ4v) is 4.31. The van der Waals surface area contributed by atoms with Crippen molar-refractivity contribution in [2.24, 2.45) is 0 Å². The molecule has 166 valence electrons. The minimum atomic E-state index is -0.174. The smallest absolute Gasteiger partial charge is 0.226 e. The number of carbonyl (C=O) groups is 1.